The minimum absolute atomic E-state index is 0.176. The van der Waals surface area contributed by atoms with Gasteiger partial charge in [0.2, 0.25) is 0 Å². The van der Waals surface area contributed by atoms with Crippen molar-refractivity contribution < 1.29 is 26.8 Å². The molecule has 0 aliphatic heterocycles. The summed E-state index contributed by atoms with van der Waals surface area (Å²) in [6.45, 7) is 1.41. The number of rotatable bonds is 4. The highest BCUT2D eigenvalue weighted by Gasteiger charge is 2.28. The van der Waals surface area contributed by atoms with Gasteiger partial charge in [-0.05, 0) is 48.5 Å². The molecular weight excluding hydrogens is 391 g/mol. The summed E-state index contributed by atoms with van der Waals surface area (Å²) in [5, 5.41) is 0. The Morgan fingerprint density at radius 3 is 1.43 bits per heavy atom. The first-order chi connectivity index (χ1) is 13.2. The zero-order valence-corrected chi connectivity index (χ0v) is 15.7. The fourth-order valence-electron chi connectivity index (χ4n) is 2.33. The Hall–Kier alpha value is -2.74. The Kier molecular flexibility index (Phi) is 7.69. The first-order valence-electron chi connectivity index (χ1n) is 8.24. The Labute approximate surface area is 163 Å². The second kappa shape index (κ2) is 9.99. The Morgan fingerprint density at radius 1 is 0.714 bits per heavy atom. The predicted octanol–water partition coefficient (Wildman–Crippen LogP) is 6.01. The number of halogens is 4. The standard InChI is InChI=1S/C20H17O2S.BF4/c1-16(21)22-17-12-14-20(15-13-17)23(18-8-4-2-5-9-18)19-10-6-3-7-11-19;2-1(3,4)5/h2-15H,1H3;/q+1;-1. The van der Waals surface area contributed by atoms with Crippen molar-refractivity contribution in [1.29, 1.82) is 0 Å². The number of ether oxygens (including phenoxy) is 1. The summed E-state index contributed by atoms with van der Waals surface area (Å²) in [6, 6.07) is 28.7. The smallest absolute Gasteiger partial charge is 0.427 e. The molecule has 3 aromatic rings. The molecule has 0 unspecified atom stereocenters. The maximum atomic E-state index is 11.1. The van der Waals surface area contributed by atoms with Crippen LogP contribution >= 0.6 is 0 Å². The van der Waals surface area contributed by atoms with Crippen molar-refractivity contribution in [1.82, 2.24) is 0 Å². The van der Waals surface area contributed by atoms with Crippen LogP contribution in [-0.4, -0.2) is 13.2 Å². The molecule has 0 amide bonds. The highest BCUT2D eigenvalue weighted by molar-refractivity contribution is 7.97. The van der Waals surface area contributed by atoms with Crippen molar-refractivity contribution in [3.8, 4) is 5.75 Å². The molecule has 8 heteroatoms. The summed E-state index contributed by atoms with van der Waals surface area (Å²) in [7, 11) is -6.18. The third-order valence-electron chi connectivity index (χ3n) is 3.28. The molecule has 0 radical (unpaired) electrons. The van der Waals surface area contributed by atoms with Crippen LogP contribution in [0.15, 0.2) is 99.6 Å². The molecule has 0 aromatic heterocycles. The lowest BCUT2D eigenvalue weighted by Gasteiger charge is -2.08. The second-order valence-electron chi connectivity index (χ2n) is 5.49. The number of hydrogen-bond acceptors (Lipinski definition) is 2. The topological polar surface area (TPSA) is 26.3 Å². The lowest BCUT2D eigenvalue weighted by atomic mass is 10.3. The van der Waals surface area contributed by atoms with Gasteiger partial charge in [0.05, 0.1) is 10.9 Å². The first kappa shape index (κ1) is 21.6. The molecule has 0 aliphatic carbocycles. The van der Waals surface area contributed by atoms with Crippen molar-refractivity contribution in [2.75, 3.05) is 0 Å². The SMILES string of the molecule is CC(=O)Oc1ccc([S+](c2ccccc2)c2ccccc2)cc1.F[B-](F)(F)F. The van der Waals surface area contributed by atoms with E-state index in [0.29, 0.717) is 5.75 Å². The normalized spacial score (nSPS) is 10.8. The number of esters is 1. The van der Waals surface area contributed by atoms with Gasteiger partial charge in [0.15, 0.2) is 14.7 Å². The van der Waals surface area contributed by atoms with Crippen LogP contribution in [0.25, 0.3) is 0 Å². The molecule has 2 nitrogen and oxygen atoms in total. The van der Waals surface area contributed by atoms with Gasteiger partial charge in [-0.1, -0.05) is 36.4 Å². The van der Waals surface area contributed by atoms with Gasteiger partial charge >= 0.3 is 13.2 Å². The molecular formula is C20H17BF4O2S. The maximum absolute atomic E-state index is 11.1. The average Bonchev–Trinajstić information content (AvgIpc) is 2.63. The van der Waals surface area contributed by atoms with Crippen LogP contribution in [-0.2, 0) is 15.7 Å². The Bertz CT molecular complexity index is 827. The van der Waals surface area contributed by atoms with Gasteiger partial charge in [-0.2, -0.15) is 0 Å². The highest BCUT2D eigenvalue weighted by Crippen LogP contribution is 2.31. The zero-order chi connectivity index (χ0) is 20.6. The Balaban J connectivity index is 0.000000500. The van der Waals surface area contributed by atoms with E-state index >= 15 is 0 Å². The third-order valence-corrected chi connectivity index (χ3v) is 5.51. The predicted molar refractivity (Wildman–Crippen MR) is 103 cm³/mol. The van der Waals surface area contributed by atoms with Crippen molar-refractivity contribution in [2.45, 2.75) is 21.6 Å². The largest absolute Gasteiger partial charge is 0.673 e. The van der Waals surface area contributed by atoms with E-state index < -0.39 is 7.25 Å². The molecule has 3 aromatic carbocycles. The summed E-state index contributed by atoms with van der Waals surface area (Å²) >= 11 is 0. The summed E-state index contributed by atoms with van der Waals surface area (Å²) in [5.41, 5.74) is 0. The maximum Gasteiger partial charge on any atom is 0.673 e. The molecule has 0 aliphatic rings. The van der Waals surface area contributed by atoms with Gasteiger partial charge in [0.1, 0.15) is 5.75 Å². The summed E-state index contributed by atoms with van der Waals surface area (Å²) in [4.78, 5) is 14.8. The van der Waals surface area contributed by atoms with Gasteiger partial charge in [0, 0.05) is 6.92 Å². The first-order valence-corrected chi connectivity index (χ1v) is 9.47. The van der Waals surface area contributed by atoms with Crippen molar-refractivity contribution in [3.63, 3.8) is 0 Å². The minimum atomic E-state index is -6.00. The van der Waals surface area contributed by atoms with Crippen LogP contribution < -0.4 is 4.74 Å². The molecule has 0 saturated heterocycles. The van der Waals surface area contributed by atoms with E-state index in [2.05, 4.69) is 48.5 Å². The zero-order valence-electron chi connectivity index (χ0n) is 14.9. The molecule has 0 bridgehead atoms. The molecule has 28 heavy (non-hydrogen) atoms. The molecule has 0 N–H and O–H groups in total. The number of hydrogen-bond donors (Lipinski definition) is 0. The van der Waals surface area contributed by atoms with Crippen LogP contribution in [0.1, 0.15) is 6.92 Å². The molecule has 0 atom stereocenters. The molecule has 146 valence electrons. The van der Waals surface area contributed by atoms with E-state index in [4.69, 9.17) is 4.74 Å². The number of benzene rings is 3. The van der Waals surface area contributed by atoms with E-state index in [-0.39, 0.29) is 16.9 Å². The summed E-state index contributed by atoms with van der Waals surface area (Å²) in [6.07, 6.45) is 0. The summed E-state index contributed by atoms with van der Waals surface area (Å²) < 4.78 is 44.1. The van der Waals surface area contributed by atoms with Crippen molar-refractivity contribution >= 4 is 24.1 Å². The third kappa shape index (κ3) is 7.48. The van der Waals surface area contributed by atoms with E-state index in [1.54, 1.807) is 0 Å². The van der Waals surface area contributed by atoms with Gasteiger partial charge < -0.3 is 22.0 Å². The minimum Gasteiger partial charge on any atom is -0.427 e. The fourth-order valence-corrected chi connectivity index (χ4v) is 4.41. The van der Waals surface area contributed by atoms with Crippen molar-refractivity contribution in [3.05, 3.63) is 84.9 Å². The number of carbonyl (C=O) groups excluding carboxylic acids is 1. The molecule has 0 saturated carbocycles. The second-order valence-corrected chi connectivity index (χ2v) is 7.52. The molecule has 0 heterocycles. The Morgan fingerprint density at radius 2 is 1.07 bits per heavy atom. The monoisotopic (exact) mass is 408 g/mol. The van der Waals surface area contributed by atoms with E-state index in [9.17, 15) is 22.1 Å². The fraction of sp³-hybridized carbons (Fsp3) is 0.0500. The van der Waals surface area contributed by atoms with E-state index in [1.807, 2.05) is 36.4 Å². The van der Waals surface area contributed by atoms with Crippen LogP contribution in [0, 0.1) is 0 Å². The highest BCUT2D eigenvalue weighted by atomic mass is 32.2. The van der Waals surface area contributed by atoms with Crippen LogP contribution in [0.4, 0.5) is 17.3 Å². The van der Waals surface area contributed by atoms with Crippen LogP contribution in [0.3, 0.4) is 0 Å². The van der Waals surface area contributed by atoms with Gasteiger partial charge in [-0.25, -0.2) is 0 Å². The van der Waals surface area contributed by atoms with Gasteiger partial charge in [0.25, 0.3) is 0 Å². The quantitative estimate of drug-likeness (QED) is 0.174. The van der Waals surface area contributed by atoms with Crippen LogP contribution in [0.5, 0.6) is 5.75 Å². The molecule has 0 fully saturated rings. The van der Waals surface area contributed by atoms with E-state index in [0.717, 1.165) is 0 Å². The van der Waals surface area contributed by atoms with Gasteiger partial charge in [-0.15, -0.1) is 0 Å². The number of carbonyl (C=O) groups is 1. The molecule has 0 spiro atoms. The van der Waals surface area contributed by atoms with Crippen LogP contribution in [0.2, 0.25) is 0 Å². The van der Waals surface area contributed by atoms with Gasteiger partial charge in [-0.3, -0.25) is 4.79 Å². The lowest BCUT2D eigenvalue weighted by Crippen LogP contribution is -2.05. The summed E-state index contributed by atoms with van der Waals surface area (Å²) in [5.74, 6) is 0.272. The lowest BCUT2D eigenvalue weighted by molar-refractivity contribution is -0.131. The van der Waals surface area contributed by atoms with E-state index in [1.165, 1.54) is 21.6 Å². The average molecular weight is 408 g/mol. The van der Waals surface area contributed by atoms with Crippen molar-refractivity contribution in [2.24, 2.45) is 0 Å². The molecule has 3 rings (SSSR count).